The van der Waals surface area contributed by atoms with E-state index in [1.54, 1.807) is 19.9 Å². The number of pyridine rings is 2. The fourth-order valence-electron chi connectivity index (χ4n) is 2.86. The van der Waals surface area contributed by atoms with E-state index in [0.29, 0.717) is 29.7 Å². The fraction of sp³-hybridized carbons (Fsp3) is 0.476. The summed E-state index contributed by atoms with van der Waals surface area (Å²) in [6.07, 6.45) is -1.03. The number of rotatable bonds is 8. The van der Waals surface area contributed by atoms with Crippen molar-refractivity contribution in [3.63, 3.8) is 0 Å². The minimum absolute atomic E-state index is 0.00225. The Bertz CT molecular complexity index is 849. The number of aliphatic hydroxyl groups is 2. The van der Waals surface area contributed by atoms with Gasteiger partial charge in [0.1, 0.15) is 5.69 Å². The van der Waals surface area contributed by atoms with Crippen LogP contribution in [0.4, 0.5) is 13.2 Å². The van der Waals surface area contributed by atoms with Crippen LogP contribution in [0.1, 0.15) is 55.7 Å². The lowest BCUT2D eigenvalue weighted by atomic mass is 9.97. The van der Waals surface area contributed by atoms with Crippen LogP contribution in [0.15, 0.2) is 36.8 Å². The summed E-state index contributed by atoms with van der Waals surface area (Å²) in [6, 6.07) is 3.70. The van der Waals surface area contributed by atoms with E-state index in [9.17, 15) is 28.2 Å². The highest BCUT2D eigenvalue weighted by Gasteiger charge is 2.32. The first-order valence-electron chi connectivity index (χ1n) is 9.57. The number of halogens is 3. The maximum atomic E-state index is 12.7. The van der Waals surface area contributed by atoms with Crippen LogP contribution in [-0.4, -0.2) is 44.1 Å². The molecule has 0 aliphatic carbocycles. The molecule has 0 spiro atoms. The zero-order chi connectivity index (χ0) is 22.5. The predicted molar refractivity (Wildman–Crippen MR) is 104 cm³/mol. The van der Waals surface area contributed by atoms with Gasteiger partial charge in [0.05, 0.1) is 24.7 Å². The second kappa shape index (κ2) is 9.53. The molecule has 0 saturated carbocycles. The van der Waals surface area contributed by atoms with Crippen molar-refractivity contribution in [2.24, 2.45) is 0 Å². The van der Waals surface area contributed by atoms with Gasteiger partial charge in [-0.3, -0.25) is 14.8 Å². The van der Waals surface area contributed by atoms with Crippen molar-refractivity contribution in [1.29, 1.82) is 0 Å². The summed E-state index contributed by atoms with van der Waals surface area (Å²) in [7, 11) is 0. The molecule has 0 fully saturated rings. The molecular weight excluding hydrogens is 399 g/mol. The lowest BCUT2D eigenvalue weighted by Crippen LogP contribution is -2.36. The van der Waals surface area contributed by atoms with Crippen LogP contribution in [0.3, 0.4) is 0 Å². The molecule has 0 radical (unpaired) electrons. The van der Waals surface area contributed by atoms with Crippen LogP contribution >= 0.6 is 0 Å². The molecular formula is C21H26F3N3O3. The van der Waals surface area contributed by atoms with E-state index in [0.717, 1.165) is 12.3 Å². The summed E-state index contributed by atoms with van der Waals surface area (Å²) in [5.41, 5.74) is -0.798. The molecule has 2 aromatic rings. The van der Waals surface area contributed by atoms with E-state index in [1.807, 2.05) is 6.92 Å². The Morgan fingerprint density at radius 1 is 1.20 bits per heavy atom. The second-order valence-corrected chi connectivity index (χ2v) is 7.65. The highest BCUT2D eigenvalue weighted by molar-refractivity contribution is 5.78. The molecule has 30 heavy (non-hydrogen) atoms. The van der Waals surface area contributed by atoms with E-state index in [1.165, 1.54) is 23.4 Å². The second-order valence-electron chi connectivity index (χ2n) is 7.65. The molecule has 0 aromatic carbocycles. The lowest BCUT2D eigenvalue weighted by Gasteiger charge is -2.26. The van der Waals surface area contributed by atoms with Crippen LogP contribution in [0.2, 0.25) is 0 Å². The molecule has 2 heterocycles. The number of nitrogens with zero attached hydrogens (tertiary/aromatic N) is 3. The smallest absolute Gasteiger partial charge is 0.386 e. The van der Waals surface area contributed by atoms with Crippen molar-refractivity contribution in [2.45, 2.75) is 51.5 Å². The van der Waals surface area contributed by atoms with Gasteiger partial charge in [-0.2, -0.15) is 13.2 Å². The Labute approximate surface area is 173 Å². The normalized spacial score (nSPS) is 13.2. The van der Waals surface area contributed by atoms with E-state index < -0.39 is 23.6 Å². The number of carbonyl (C=O) groups is 1. The largest absolute Gasteiger partial charge is 0.433 e. The first kappa shape index (κ1) is 23.8. The van der Waals surface area contributed by atoms with E-state index in [2.05, 4.69) is 9.97 Å². The highest BCUT2D eigenvalue weighted by atomic mass is 19.4. The molecule has 9 heteroatoms. The molecule has 164 valence electrons. The first-order chi connectivity index (χ1) is 13.9. The van der Waals surface area contributed by atoms with Gasteiger partial charge in [0.15, 0.2) is 0 Å². The van der Waals surface area contributed by atoms with Crippen LogP contribution < -0.4 is 0 Å². The number of aromatic nitrogens is 2. The Morgan fingerprint density at radius 2 is 1.90 bits per heavy atom. The summed E-state index contributed by atoms with van der Waals surface area (Å²) in [5.74, 6) is -0.330. The third-order valence-electron chi connectivity index (χ3n) is 4.56. The molecule has 6 nitrogen and oxygen atoms in total. The first-order valence-corrected chi connectivity index (χ1v) is 9.57. The summed E-state index contributed by atoms with van der Waals surface area (Å²) in [4.78, 5) is 21.6. The van der Waals surface area contributed by atoms with Gasteiger partial charge in [-0.1, -0.05) is 13.0 Å². The number of carbonyl (C=O) groups excluding carboxylic acids is 1. The Balaban J connectivity index is 2.10. The highest BCUT2D eigenvalue weighted by Crippen LogP contribution is 2.27. The van der Waals surface area contributed by atoms with E-state index in [4.69, 9.17) is 0 Å². The topological polar surface area (TPSA) is 86.5 Å². The molecule has 0 aliphatic heterocycles. The molecule has 2 rings (SSSR count). The average molecular weight is 425 g/mol. The van der Waals surface area contributed by atoms with Crippen molar-refractivity contribution in [1.82, 2.24) is 14.9 Å². The van der Waals surface area contributed by atoms with Crippen molar-refractivity contribution in [2.75, 3.05) is 13.1 Å². The monoisotopic (exact) mass is 425 g/mol. The van der Waals surface area contributed by atoms with Gasteiger partial charge >= 0.3 is 6.18 Å². The number of amides is 1. The number of hydrogen-bond donors (Lipinski definition) is 2. The fourth-order valence-corrected chi connectivity index (χ4v) is 2.86. The lowest BCUT2D eigenvalue weighted by molar-refractivity contribution is -0.141. The molecule has 0 bridgehead atoms. The van der Waals surface area contributed by atoms with Gasteiger partial charge < -0.3 is 15.1 Å². The summed E-state index contributed by atoms with van der Waals surface area (Å²) < 4.78 is 37.9. The predicted octanol–water partition coefficient (Wildman–Crippen LogP) is 3.24. The van der Waals surface area contributed by atoms with Gasteiger partial charge in [-0.15, -0.1) is 0 Å². The Morgan fingerprint density at radius 3 is 2.43 bits per heavy atom. The number of alkyl halides is 3. The van der Waals surface area contributed by atoms with Gasteiger partial charge in [-0.25, -0.2) is 0 Å². The zero-order valence-electron chi connectivity index (χ0n) is 17.1. The van der Waals surface area contributed by atoms with Crippen LogP contribution in [-0.2, 0) is 23.0 Å². The maximum absolute atomic E-state index is 12.7. The van der Waals surface area contributed by atoms with Gasteiger partial charge in [-0.05, 0) is 38.0 Å². The van der Waals surface area contributed by atoms with Crippen LogP contribution in [0.25, 0.3) is 0 Å². The summed E-state index contributed by atoms with van der Waals surface area (Å²) >= 11 is 0. The number of aliphatic hydroxyl groups excluding tert-OH is 1. The minimum Gasteiger partial charge on any atom is -0.386 e. The molecule has 0 aliphatic rings. The third-order valence-corrected chi connectivity index (χ3v) is 4.56. The maximum Gasteiger partial charge on any atom is 0.433 e. The Hall–Kier alpha value is -2.52. The molecule has 1 atom stereocenters. The zero-order valence-corrected chi connectivity index (χ0v) is 17.1. The summed E-state index contributed by atoms with van der Waals surface area (Å²) in [5, 5.41) is 20.7. The van der Waals surface area contributed by atoms with Gasteiger partial charge in [0.25, 0.3) is 0 Å². The van der Waals surface area contributed by atoms with Crippen LogP contribution in [0, 0.1) is 0 Å². The quantitative estimate of drug-likeness (QED) is 0.678. The molecule has 2 aromatic heterocycles. The summed E-state index contributed by atoms with van der Waals surface area (Å²) in [6.45, 7) is 5.46. The number of hydrogen-bond acceptors (Lipinski definition) is 5. The molecule has 2 N–H and O–H groups in total. The van der Waals surface area contributed by atoms with E-state index in [-0.39, 0.29) is 18.9 Å². The minimum atomic E-state index is -4.54. The molecule has 0 saturated heterocycles. The average Bonchev–Trinajstić information content (AvgIpc) is 2.66. The molecule has 1 amide bonds. The molecule has 1 unspecified atom stereocenters. The van der Waals surface area contributed by atoms with E-state index >= 15 is 0 Å². The van der Waals surface area contributed by atoms with Gasteiger partial charge in [0, 0.05) is 36.3 Å². The Kier molecular flexibility index (Phi) is 7.54. The van der Waals surface area contributed by atoms with Crippen molar-refractivity contribution in [3.05, 3.63) is 59.2 Å². The third kappa shape index (κ3) is 6.50. The van der Waals surface area contributed by atoms with Crippen molar-refractivity contribution < 1.29 is 28.2 Å². The van der Waals surface area contributed by atoms with Crippen molar-refractivity contribution in [3.8, 4) is 0 Å². The van der Waals surface area contributed by atoms with Crippen molar-refractivity contribution >= 4 is 5.91 Å². The standard InChI is InChI=1S/C21H26F3N3O3/c1-4-7-27(13-17(28)15-9-16(12-25-11-15)20(2,3)30)19(29)8-14-5-6-18(26-10-14)21(22,23)24/h5-6,9-12,17,28,30H,4,7-8,13H2,1-3H3. The van der Waals surface area contributed by atoms with Crippen LogP contribution in [0.5, 0.6) is 0 Å². The SMILES string of the molecule is CCCN(CC(O)c1cncc(C(C)(C)O)c1)C(=O)Cc1ccc(C(F)(F)F)nc1. The van der Waals surface area contributed by atoms with Gasteiger partial charge in [0.2, 0.25) is 5.91 Å².